The third-order valence-corrected chi connectivity index (χ3v) is 2.36. The summed E-state index contributed by atoms with van der Waals surface area (Å²) in [5.41, 5.74) is 0.651. The number of rotatable bonds is 5. The molecule has 0 spiro atoms. The Balaban J connectivity index is 2.69. The van der Waals surface area contributed by atoms with Gasteiger partial charge in [0.25, 0.3) is 0 Å². The van der Waals surface area contributed by atoms with Crippen molar-refractivity contribution in [2.24, 2.45) is 0 Å². The van der Waals surface area contributed by atoms with E-state index < -0.39 is 0 Å². The molecule has 1 aromatic rings. The Kier molecular flexibility index (Phi) is 5.52. The topological polar surface area (TPSA) is 65.4 Å². The molecule has 0 unspecified atom stereocenters. The van der Waals surface area contributed by atoms with Gasteiger partial charge in [-0.3, -0.25) is 0 Å². The molecule has 5 nitrogen and oxygen atoms in total. The van der Waals surface area contributed by atoms with E-state index in [1.807, 2.05) is 13.0 Å². The summed E-state index contributed by atoms with van der Waals surface area (Å²) in [4.78, 5) is 13.4. The number of methoxy groups -OCH3 is 1. The number of benzene rings is 1. The van der Waals surface area contributed by atoms with E-state index in [1.54, 1.807) is 31.4 Å². The molecule has 0 atom stereocenters. The molecule has 0 radical (unpaired) electrons. The first-order valence-corrected chi connectivity index (χ1v) is 5.78. The number of carbonyl (C=O) groups excluding carboxylic acids is 1. The van der Waals surface area contributed by atoms with Gasteiger partial charge in [-0.2, -0.15) is 5.26 Å². The molecule has 0 heterocycles. The number of nitrogens with one attached hydrogen (secondary N) is 1. The lowest BCUT2D eigenvalue weighted by Gasteiger charge is -2.19. The molecule has 0 bridgehead atoms. The van der Waals surface area contributed by atoms with E-state index in [9.17, 15) is 4.79 Å². The van der Waals surface area contributed by atoms with Crippen LogP contribution in [0.1, 0.15) is 13.3 Å². The van der Waals surface area contributed by atoms with Crippen molar-refractivity contribution in [1.82, 2.24) is 4.90 Å². The number of anilines is 1. The van der Waals surface area contributed by atoms with E-state index in [0.717, 1.165) is 6.42 Å². The zero-order valence-electron chi connectivity index (χ0n) is 10.6. The van der Waals surface area contributed by atoms with Crippen LogP contribution in [-0.4, -0.2) is 31.1 Å². The van der Waals surface area contributed by atoms with E-state index in [-0.39, 0.29) is 12.6 Å². The maximum atomic E-state index is 11.9. The lowest BCUT2D eigenvalue weighted by atomic mass is 10.3. The highest BCUT2D eigenvalue weighted by atomic mass is 16.5. The molecular formula is C13H17N3O2. The second-order valence-corrected chi connectivity index (χ2v) is 3.74. The summed E-state index contributed by atoms with van der Waals surface area (Å²) in [5.74, 6) is 0.676. The average molecular weight is 247 g/mol. The number of hydrogen-bond acceptors (Lipinski definition) is 3. The van der Waals surface area contributed by atoms with Crippen LogP contribution < -0.4 is 10.1 Å². The predicted octanol–water partition coefficient (Wildman–Crippen LogP) is 2.46. The van der Waals surface area contributed by atoms with Crippen LogP contribution in [0.25, 0.3) is 0 Å². The minimum atomic E-state index is -0.272. The number of carbonyl (C=O) groups is 1. The normalized spacial score (nSPS) is 9.39. The van der Waals surface area contributed by atoms with Crippen molar-refractivity contribution >= 4 is 11.7 Å². The summed E-state index contributed by atoms with van der Waals surface area (Å²) < 4.78 is 5.07. The number of amides is 2. The predicted molar refractivity (Wildman–Crippen MR) is 69.5 cm³/mol. The summed E-state index contributed by atoms with van der Waals surface area (Å²) in [6, 6.07) is 8.81. The minimum Gasteiger partial charge on any atom is -0.497 e. The van der Waals surface area contributed by atoms with Gasteiger partial charge in [0.1, 0.15) is 12.3 Å². The lowest BCUT2D eigenvalue weighted by Crippen LogP contribution is -2.35. The Labute approximate surface area is 107 Å². The van der Waals surface area contributed by atoms with Crippen LogP contribution in [0, 0.1) is 11.3 Å². The van der Waals surface area contributed by atoms with E-state index >= 15 is 0 Å². The standard InChI is InChI=1S/C13H17N3O2/c1-3-8-16(9-7-14)13(17)15-11-5-4-6-12(10-11)18-2/h4-6,10H,3,8-9H2,1-2H3,(H,15,17). The molecule has 18 heavy (non-hydrogen) atoms. The Morgan fingerprint density at radius 1 is 1.56 bits per heavy atom. The molecule has 0 aliphatic rings. The van der Waals surface area contributed by atoms with Crippen LogP contribution in [0.5, 0.6) is 5.75 Å². The largest absolute Gasteiger partial charge is 0.497 e. The molecule has 1 N–H and O–H groups in total. The number of hydrogen-bond donors (Lipinski definition) is 1. The van der Waals surface area contributed by atoms with Gasteiger partial charge in [0.2, 0.25) is 0 Å². The van der Waals surface area contributed by atoms with Crippen LogP contribution in [0.3, 0.4) is 0 Å². The maximum absolute atomic E-state index is 11.9. The minimum absolute atomic E-state index is 0.0869. The first kappa shape index (κ1) is 13.8. The number of urea groups is 1. The fraction of sp³-hybridized carbons (Fsp3) is 0.385. The molecule has 0 saturated heterocycles. The molecule has 96 valence electrons. The molecule has 1 aromatic carbocycles. The van der Waals surface area contributed by atoms with Crippen LogP contribution in [-0.2, 0) is 0 Å². The Morgan fingerprint density at radius 2 is 2.33 bits per heavy atom. The molecular weight excluding hydrogens is 230 g/mol. The van der Waals surface area contributed by atoms with E-state index in [2.05, 4.69) is 5.32 Å². The van der Waals surface area contributed by atoms with E-state index in [1.165, 1.54) is 4.90 Å². The molecule has 0 aromatic heterocycles. The fourth-order valence-corrected chi connectivity index (χ4v) is 1.51. The Hall–Kier alpha value is -2.22. The summed E-state index contributed by atoms with van der Waals surface area (Å²) >= 11 is 0. The number of nitriles is 1. The summed E-state index contributed by atoms with van der Waals surface area (Å²) in [5, 5.41) is 11.4. The maximum Gasteiger partial charge on any atom is 0.322 e. The smallest absolute Gasteiger partial charge is 0.322 e. The van der Waals surface area contributed by atoms with Crippen molar-refractivity contribution < 1.29 is 9.53 Å². The third kappa shape index (κ3) is 3.98. The lowest BCUT2D eigenvalue weighted by molar-refractivity contribution is 0.218. The van der Waals surface area contributed by atoms with E-state index in [4.69, 9.17) is 10.00 Å². The van der Waals surface area contributed by atoms with Gasteiger partial charge in [0.05, 0.1) is 13.2 Å². The van der Waals surface area contributed by atoms with Crippen LogP contribution in [0.15, 0.2) is 24.3 Å². The second kappa shape index (κ2) is 7.17. The van der Waals surface area contributed by atoms with Gasteiger partial charge in [-0.25, -0.2) is 4.79 Å². The van der Waals surface area contributed by atoms with Crippen molar-refractivity contribution in [3.63, 3.8) is 0 Å². The third-order valence-electron chi connectivity index (χ3n) is 2.36. The molecule has 5 heteroatoms. The number of nitrogens with zero attached hydrogens (tertiary/aromatic N) is 2. The number of ether oxygens (including phenoxy) is 1. The molecule has 0 aliphatic heterocycles. The van der Waals surface area contributed by atoms with Crippen molar-refractivity contribution in [3.8, 4) is 11.8 Å². The fourth-order valence-electron chi connectivity index (χ4n) is 1.51. The van der Waals surface area contributed by atoms with Crippen molar-refractivity contribution in [2.75, 3.05) is 25.5 Å². The molecule has 1 rings (SSSR count). The van der Waals surface area contributed by atoms with Gasteiger partial charge < -0.3 is 15.0 Å². The highest BCUT2D eigenvalue weighted by Gasteiger charge is 2.12. The summed E-state index contributed by atoms with van der Waals surface area (Å²) in [7, 11) is 1.57. The zero-order valence-corrected chi connectivity index (χ0v) is 10.6. The van der Waals surface area contributed by atoms with Crippen LogP contribution in [0.4, 0.5) is 10.5 Å². The first-order valence-electron chi connectivity index (χ1n) is 5.78. The van der Waals surface area contributed by atoms with Gasteiger partial charge in [-0.1, -0.05) is 13.0 Å². The molecule has 0 saturated carbocycles. The van der Waals surface area contributed by atoms with Gasteiger partial charge in [-0.15, -0.1) is 0 Å². The van der Waals surface area contributed by atoms with Crippen molar-refractivity contribution in [2.45, 2.75) is 13.3 Å². The summed E-state index contributed by atoms with van der Waals surface area (Å²) in [6.07, 6.45) is 0.813. The van der Waals surface area contributed by atoms with Gasteiger partial charge in [0.15, 0.2) is 0 Å². The highest BCUT2D eigenvalue weighted by molar-refractivity contribution is 5.89. The molecule has 2 amide bonds. The van der Waals surface area contributed by atoms with E-state index in [0.29, 0.717) is 18.0 Å². The second-order valence-electron chi connectivity index (χ2n) is 3.74. The highest BCUT2D eigenvalue weighted by Crippen LogP contribution is 2.17. The Morgan fingerprint density at radius 3 is 2.94 bits per heavy atom. The van der Waals surface area contributed by atoms with Gasteiger partial charge in [-0.05, 0) is 18.6 Å². The van der Waals surface area contributed by atoms with Crippen LogP contribution in [0.2, 0.25) is 0 Å². The molecule has 0 fully saturated rings. The van der Waals surface area contributed by atoms with Crippen molar-refractivity contribution in [3.05, 3.63) is 24.3 Å². The zero-order chi connectivity index (χ0) is 13.4. The summed E-state index contributed by atoms with van der Waals surface area (Å²) in [6.45, 7) is 2.61. The Bertz CT molecular complexity index is 440. The van der Waals surface area contributed by atoms with Crippen LogP contribution >= 0.6 is 0 Å². The SMILES string of the molecule is CCCN(CC#N)C(=O)Nc1cccc(OC)c1. The monoisotopic (exact) mass is 247 g/mol. The van der Waals surface area contributed by atoms with Gasteiger partial charge in [0, 0.05) is 18.3 Å². The first-order chi connectivity index (χ1) is 8.71. The quantitative estimate of drug-likeness (QED) is 0.813. The van der Waals surface area contributed by atoms with Gasteiger partial charge >= 0.3 is 6.03 Å². The molecule has 0 aliphatic carbocycles. The average Bonchev–Trinajstić information content (AvgIpc) is 2.38. The van der Waals surface area contributed by atoms with Crippen molar-refractivity contribution in [1.29, 1.82) is 5.26 Å².